The van der Waals surface area contributed by atoms with E-state index in [2.05, 4.69) is 11.9 Å². The summed E-state index contributed by atoms with van der Waals surface area (Å²) >= 11 is 1.87. The summed E-state index contributed by atoms with van der Waals surface area (Å²) < 4.78 is 0. The van der Waals surface area contributed by atoms with Crippen molar-refractivity contribution in [1.29, 1.82) is 0 Å². The van der Waals surface area contributed by atoms with E-state index < -0.39 is 0 Å². The molecule has 0 aromatic carbocycles. The molecule has 1 saturated heterocycles. The molecule has 1 aliphatic rings. The zero-order valence-corrected chi connectivity index (χ0v) is 9.91. The third-order valence-corrected chi connectivity index (χ3v) is 3.70. The molecule has 2 heterocycles. The second kappa shape index (κ2) is 4.74. The van der Waals surface area contributed by atoms with Crippen molar-refractivity contribution in [3.05, 3.63) is 24.0 Å². The lowest BCUT2D eigenvalue weighted by molar-refractivity contribution is 0.0760. The molecule has 4 nitrogen and oxygen atoms in total. The van der Waals surface area contributed by atoms with E-state index in [4.69, 9.17) is 0 Å². The highest BCUT2D eigenvalue weighted by molar-refractivity contribution is 7.99. The van der Waals surface area contributed by atoms with Gasteiger partial charge in [-0.05, 0) is 6.07 Å². The molecule has 1 unspecified atom stereocenters. The lowest BCUT2D eigenvalue weighted by atomic mass is 10.2. The number of rotatable bonds is 1. The lowest BCUT2D eigenvalue weighted by Crippen LogP contribution is -2.41. The average Bonchev–Trinajstić information content (AvgIpc) is 2.29. The van der Waals surface area contributed by atoms with Crippen LogP contribution in [0.2, 0.25) is 0 Å². The van der Waals surface area contributed by atoms with E-state index in [0.29, 0.717) is 10.8 Å². The molecule has 1 fully saturated rings. The summed E-state index contributed by atoms with van der Waals surface area (Å²) in [6.45, 7) is 3.59. The Morgan fingerprint density at radius 3 is 3.19 bits per heavy atom. The molecule has 1 aromatic rings. The number of aromatic nitrogens is 1. The third kappa shape index (κ3) is 2.29. The number of amides is 1. The second-order valence-corrected chi connectivity index (χ2v) is 5.37. The summed E-state index contributed by atoms with van der Waals surface area (Å²) in [5.74, 6) is 0.809. The third-order valence-electron chi connectivity index (χ3n) is 2.56. The first-order valence-corrected chi connectivity index (χ1v) is 6.27. The molecule has 0 spiro atoms. The van der Waals surface area contributed by atoms with E-state index >= 15 is 0 Å². The monoisotopic (exact) mass is 238 g/mol. The highest BCUT2D eigenvalue weighted by Crippen LogP contribution is 2.22. The second-order valence-electron chi connectivity index (χ2n) is 3.83. The van der Waals surface area contributed by atoms with Crippen LogP contribution in [0.5, 0.6) is 5.75 Å². The topological polar surface area (TPSA) is 53.4 Å². The van der Waals surface area contributed by atoms with E-state index in [9.17, 15) is 9.90 Å². The summed E-state index contributed by atoms with van der Waals surface area (Å²) in [5.41, 5.74) is 0.342. The molecule has 1 amide bonds. The zero-order chi connectivity index (χ0) is 11.5. The summed E-state index contributed by atoms with van der Waals surface area (Å²) in [6, 6.07) is 1.56. The fourth-order valence-electron chi connectivity index (χ4n) is 1.74. The molecule has 0 saturated carbocycles. The van der Waals surface area contributed by atoms with Gasteiger partial charge in [0.05, 0.1) is 11.8 Å². The molecule has 1 N–H and O–H groups in total. The van der Waals surface area contributed by atoms with E-state index in [0.717, 1.165) is 18.8 Å². The molecule has 86 valence electrons. The summed E-state index contributed by atoms with van der Waals surface area (Å²) in [6.07, 6.45) is 2.82. The fraction of sp³-hybridized carbons (Fsp3) is 0.455. The first kappa shape index (κ1) is 11.3. The van der Waals surface area contributed by atoms with Crippen LogP contribution in [-0.4, -0.2) is 45.0 Å². The van der Waals surface area contributed by atoms with Gasteiger partial charge in [0.15, 0.2) is 0 Å². The van der Waals surface area contributed by atoms with Gasteiger partial charge < -0.3 is 10.0 Å². The van der Waals surface area contributed by atoms with Gasteiger partial charge in [0, 0.05) is 30.3 Å². The van der Waals surface area contributed by atoms with Crippen molar-refractivity contribution in [1.82, 2.24) is 9.88 Å². The van der Waals surface area contributed by atoms with Crippen molar-refractivity contribution in [3.63, 3.8) is 0 Å². The summed E-state index contributed by atoms with van der Waals surface area (Å²) in [4.78, 5) is 17.6. The van der Waals surface area contributed by atoms with Crippen molar-refractivity contribution in [2.45, 2.75) is 12.2 Å². The van der Waals surface area contributed by atoms with Gasteiger partial charge in [0.2, 0.25) is 0 Å². The van der Waals surface area contributed by atoms with Crippen LogP contribution in [0.3, 0.4) is 0 Å². The van der Waals surface area contributed by atoms with Gasteiger partial charge in [-0.15, -0.1) is 0 Å². The minimum Gasteiger partial charge on any atom is -0.505 e. The number of pyridine rings is 1. The van der Waals surface area contributed by atoms with Gasteiger partial charge in [-0.2, -0.15) is 11.8 Å². The average molecular weight is 238 g/mol. The quantitative estimate of drug-likeness (QED) is 0.802. The normalized spacial score (nSPS) is 20.8. The molecule has 1 aliphatic heterocycles. The Morgan fingerprint density at radius 1 is 1.69 bits per heavy atom. The Hall–Kier alpha value is -1.23. The number of hydrogen-bond acceptors (Lipinski definition) is 4. The summed E-state index contributed by atoms with van der Waals surface area (Å²) in [7, 11) is 0. The van der Waals surface area contributed by atoms with Gasteiger partial charge >= 0.3 is 0 Å². The van der Waals surface area contributed by atoms with Crippen molar-refractivity contribution in [2.75, 3.05) is 18.8 Å². The molecular weight excluding hydrogens is 224 g/mol. The minimum atomic E-state index is -0.105. The summed E-state index contributed by atoms with van der Waals surface area (Å²) in [5, 5.41) is 10.0. The Morgan fingerprint density at radius 2 is 2.50 bits per heavy atom. The highest BCUT2D eigenvalue weighted by atomic mass is 32.2. The van der Waals surface area contributed by atoms with Crippen LogP contribution in [0.25, 0.3) is 0 Å². The van der Waals surface area contributed by atoms with Crippen LogP contribution in [0.1, 0.15) is 17.3 Å². The van der Waals surface area contributed by atoms with Gasteiger partial charge in [-0.25, -0.2) is 0 Å². The van der Waals surface area contributed by atoms with Crippen molar-refractivity contribution in [3.8, 4) is 5.75 Å². The predicted octanol–water partition coefficient (Wildman–Crippen LogP) is 1.36. The molecule has 0 aliphatic carbocycles. The van der Waals surface area contributed by atoms with Crippen LogP contribution in [0.4, 0.5) is 0 Å². The van der Waals surface area contributed by atoms with Crippen molar-refractivity contribution < 1.29 is 9.90 Å². The molecule has 16 heavy (non-hydrogen) atoms. The maximum Gasteiger partial charge on any atom is 0.257 e. The maximum atomic E-state index is 12.1. The zero-order valence-electron chi connectivity index (χ0n) is 9.09. The first-order chi connectivity index (χ1) is 7.68. The highest BCUT2D eigenvalue weighted by Gasteiger charge is 2.23. The van der Waals surface area contributed by atoms with E-state index in [1.54, 1.807) is 11.0 Å². The predicted molar refractivity (Wildman–Crippen MR) is 63.7 cm³/mol. The van der Waals surface area contributed by atoms with Gasteiger partial charge in [0.1, 0.15) is 5.75 Å². The van der Waals surface area contributed by atoms with Crippen LogP contribution in [0, 0.1) is 0 Å². The first-order valence-electron chi connectivity index (χ1n) is 5.22. The molecule has 1 atom stereocenters. The molecule has 5 heteroatoms. The smallest absolute Gasteiger partial charge is 0.257 e. The van der Waals surface area contributed by atoms with E-state index in [-0.39, 0.29) is 11.7 Å². The number of thioether (sulfide) groups is 1. The molecule has 1 aromatic heterocycles. The number of nitrogens with zero attached hydrogens (tertiary/aromatic N) is 2. The Bertz CT molecular complexity index is 397. The van der Waals surface area contributed by atoms with Gasteiger partial charge in [-0.1, -0.05) is 6.92 Å². The standard InChI is InChI=1S/C11H14N2O2S/c1-8-7-13(4-5-16-8)11(15)9-2-3-12-6-10(9)14/h2-3,6,8,14H,4-5,7H2,1H3. The molecule has 2 rings (SSSR count). The number of hydrogen-bond donors (Lipinski definition) is 1. The number of carbonyl (C=O) groups is 1. The van der Waals surface area contributed by atoms with Crippen molar-refractivity contribution in [2.24, 2.45) is 0 Å². The Balaban J connectivity index is 2.16. The molecule has 0 radical (unpaired) electrons. The van der Waals surface area contributed by atoms with Crippen LogP contribution >= 0.6 is 11.8 Å². The molecule has 0 bridgehead atoms. The molecular formula is C11H14N2O2S. The minimum absolute atomic E-state index is 0.0432. The largest absolute Gasteiger partial charge is 0.505 e. The maximum absolute atomic E-state index is 12.1. The van der Waals surface area contributed by atoms with E-state index in [1.165, 1.54) is 12.4 Å². The van der Waals surface area contributed by atoms with Crippen LogP contribution < -0.4 is 0 Å². The van der Waals surface area contributed by atoms with Gasteiger partial charge in [0.25, 0.3) is 5.91 Å². The number of aromatic hydroxyl groups is 1. The number of carbonyl (C=O) groups excluding carboxylic acids is 1. The van der Waals surface area contributed by atoms with Crippen LogP contribution in [0.15, 0.2) is 18.5 Å². The fourth-order valence-corrected chi connectivity index (χ4v) is 2.75. The lowest BCUT2D eigenvalue weighted by Gasteiger charge is -2.30. The Labute approximate surface area is 98.7 Å². The van der Waals surface area contributed by atoms with Gasteiger partial charge in [-0.3, -0.25) is 9.78 Å². The van der Waals surface area contributed by atoms with Crippen molar-refractivity contribution >= 4 is 17.7 Å². The SMILES string of the molecule is CC1CN(C(=O)c2ccncc2O)CCS1. The van der Waals surface area contributed by atoms with Crippen LogP contribution in [-0.2, 0) is 0 Å². The Kier molecular flexibility index (Phi) is 3.33. The van der Waals surface area contributed by atoms with E-state index in [1.807, 2.05) is 11.8 Å².